The number of carbonyl (C=O) groups excluding carboxylic acids is 1. The third-order valence-electron chi connectivity index (χ3n) is 3.43. The molecule has 96 valence electrons. The molecule has 5 heteroatoms. The highest BCUT2D eigenvalue weighted by Gasteiger charge is 2.51. The smallest absolute Gasteiger partial charge is 0.290 e. The van der Waals surface area contributed by atoms with Crippen LogP contribution in [0.1, 0.15) is 31.7 Å². The van der Waals surface area contributed by atoms with Crippen molar-refractivity contribution in [2.75, 3.05) is 7.05 Å². The molecule has 1 aromatic heterocycles. The standard InChI is InChI=1S/C13H18N4O/c1-3-4-7-13(10-6-5-8-15-9-10)11(18)17(2)12(14)16-13/h5-6,8-9H,3-4,7H2,1-2H3,(H2,14,16)/p+1. The molecule has 0 saturated heterocycles. The maximum atomic E-state index is 12.5. The molecule has 0 aromatic carbocycles. The molecule has 2 rings (SSSR count). The molecule has 0 bridgehead atoms. The number of nitrogens with two attached hydrogens (primary N) is 1. The number of rotatable bonds is 4. The maximum Gasteiger partial charge on any atom is 0.351 e. The highest BCUT2D eigenvalue weighted by molar-refractivity contribution is 6.01. The number of nitrogens with one attached hydrogen (secondary N) is 1. The molecule has 1 aliphatic rings. The molecule has 1 amide bonds. The lowest BCUT2D eigenvalue weighted by molar-refractivity contribution is -0.540. The van der Waals surface area contributed by atoms with Crippen LogP contribution in [0.5, 0.6) is 0 Å². The van der Waals surface area contributed by atoms with Gasteiger partial charge in [0.1, 0.15) is 0 Å². The van der Waals surface area contributed by atoms with E-state index >= 15 is 0 Å². The summed E-state index contributed by atoms with van der Waals surface area (Å²) in [5, 5.41) is 0. The summed E-state index contributed by atoms with van der Waals surface area (Å²) in [5.41, 5.74) is 5.97. The van der Waals surface area contributed by atoms with Gasteiger partial charge in [-0.1, -0.05) is 19.4 Å². The van der Waals surface area contributed by atoms with E-state index in [4.69, 9.17) is 5.73 Å². The molecular formula is C13H19N4O+. The number of amides is 1. The Balaban J connectivity index is 2.46. The van der Waals surface area contributed by atoms with Crippen LogP contribution in [0.15, 0.2) is 24.5 Å². The molecule has 3 N–H and O–H groups in total. The van der Waals surface area contributed by atoms with Crippen molar-refractivity contribution in [2.45, 2.75) is 31.7 Å². The Morgan fingerprint density at radius 2 is 2.33 bits per heavy atom. The summed E-state index contributed by atoms with van der Waals surface area (Å²) in [7, 11) is 1.69. The lowest BCUT2D eigenvalue weighted by Gasteiger charge is -2.22. The van der Waals surface area contributed by atoms with E-state index in [9.17, 15) is 4.79 Å². The number of guanidine groups is 1. The van der Waals surface area contributed by atoms with E-state index in [1.165, 1.54) is 4.90 Å². The van der Waals surface area contributed by atoms with E-state index in [0.717, 1.165) is 24.8 Å². The zero-order valence-electron chi connectivity index (χ0n) is 10.8. The molecule has 1 atom stereocenters. The van der Waals surface area contributed by atoms with Crippen LogP contribution in [-0.4, -0.2) is 28.8 Å². The second-order valence-corrected chi connectivity index (χ2v) is 4.62. The third kappa shape index (κ3) is 1.85. The van der Waals surface area contributed by atoms with E-state index in [-0.39, 0.29) is 5.91 Å². The van der Waals surface area contributed by atoms with Crippen molar-refractivity contribution in [2.24, 2.45) is 5.73 Å². The second-order valence-electron chi connectivity index (χ2n) is 4.62. The number of hydrogen-bond donors (Lipinski definition) is 2. The van der Waals surface area contributed by atoms with Crippen molar-refractivity contribution in [3.63, 3.8) is 0 Å². The number of unbranched alkanes of at least 4 members (excludes halogenated alkanes) is 1. The van der Waals surface area contributed by atoms with Gasteiger partial charge in [0.15, 0.2) is 0 Å². The summed E-state index contributed by atoms with van der Waals surface area (Å²) >= 11 is 0. The average Bonchev–Trinajstić information content (AvgIpc) is 2.63. The SMILES string of the molecule is CCCCC1(c2cccnc2)[NH+]=C(N)N(C)C1=O. The molecule has 0 fully saturated rings. The highest BCUT2D eigenvalue weighted by atomic mass is 16.2. The molecule has 1 aromatic rings. The van der Waals surface area contributed by atoms with Gasteiger partial charge in [0.05, 0.1) is 7.05 Å². The molecule has 0 saturated carbocycles. The summed E-state index contributed by atoms with van der Waals surface area (Å²) in [4.78, 5) is 21.2. The first-order valence-electron chi connectivity index (χ1n) is 6.21. The highest BCUT2D eigenvalue weighted by Crippen LogP contribution is 2.26. The van der Waals surface area contributed by atoms with Gasteiger partial charge < -0.3 is 0 Å². The number of pyridine rings is 1. The van der Waals surface area contributed by atoms with Crippen molar-refractivity contribution in [1.29, 1.82) is 0 Å². The maximum absolute atomic E-state index is 12.5. The van der Waals surface area contributed by atoms with E-state index in [1.807, 2.05) is 12.1 Å². The Morgan fingerprint density at radius 3 is 2.83 bits per heavy atom. The average molecular weight is 247 g/mol. The molecule has 18 heavy (non-hydrogen) atoms. The topological polar surface area (TPSA) is 73.2 Å². The van der Waals surface area contributed by atoms with E-state index < -0.39 is 5.54 Å². The Labute approximate surface area is 107 Å². The van der Waals surface area contributed by atoms with E-state index in [0.29, 0.717) is 5.96 Å². The van der Waals surface area contributed by atoms with Gasteiger partial charge in [0.2, 0.25) is 5.54 Å². The Morgan fingerprint density at radius 1 is 1.56 bits per heavy atom. The van der Waals surface area contributed by atoms with Crippen LogP contribution in [-0.2, 0) is 10.3 Å². The largest absolute Gasteiger partial charge is 0.351 e. The van der Waals surface area contributed by atoms with Crippen LogP contribution >= 0.6 is 0 Å². The quantitative estimate of drug-likeness (QED) is 0.741. The second kappa shape index (κ2) is 4.76. The number of likely N-dealkylation sites (N-methyl/N-ethyl adjacent to an activating group) is 1. The predicted octanol–water partition coefficient (Wildman–Crippen LogP) is -0.666. The fourth-order valence-corrected chi connectivity index (χ4v) is 2.32. The molecule has 2 heterocycles. The monoisotopic (exact) mass is 247 g/mol. The molecule has 0 spiro atoms. The lowest BCUT2D eigenvalue weighted by Crippen LogP contribution is -2.85. The van der Waals surface area contributed by atoms with E-state index in [2.05, 4.69) is 16.9 Å². The van der Waals surface area contributed by atoms with Crippen LogP contribution in [0.4, 0.5) is 0 Å². The van der Waals surface area contributed by atoms with Crippen molar-refractivity contribution < 1.29 is 9.79 Å². The van der Waals surface area contributed by atoms with E-state index in [1.54, 1.807) is 19.4 Å². The van der Waals surface area contributed by atoms with Crippen molar-refractivity contribution >= 4 is 11.9 Å². The van der Waals surface area contributed by atoms with Crippen LogP contribution in [0.3, 0.4) is 0 Å². The minimum absolute atomic E-state index is 0.0125. The lowest BCUT2D eigenvalue weighted by atomic mass is 9.86. The van der Waals surface area contributed by atoms with Gasteiger partial charge in [0, 0.05) is 18.0 Å². The third-order valence-corrected chi connectivity index (χ3v) is 3.43. The Bertz CT molecular complexity index is 471. The summed E-state index contributed by atoms with van der Waals surface area (Å²) in [5.74, 6) is 0.390. The first-order valence-corrected chi connectivity index (χ1v) is 6.21. The van der Waals surface area contributed by atoms with Crippen LogP contribution in [0.2, 0.25) is 0 Å². The number of carbonyl (C=O) groups is 1. The van der Waals surface area contributed by atoms with Crippen LogP contribution in [0, 0.1) is 0 Å². The van der Waals surface area contributed by atoms with Gasteiger partial charge in [-0.05, 0) is 18.9 Å². The minimum atomic E-state index is -0.747. The summed E-state index contributed by atoms with van der Waals surface area (Å²) in [6.07, 6.45) is 6.13. The van der Waals surface area contributed by atoms with Crippen molar-refractivity contribution in [3.05, 3.63) is 30.1 Å². The van der Waals surface area contributed by atoms with Gasteiger partial charge in [0.25, 0.3) is 0 Å². The molecule has 1 unspecified atom stereocenters. The number of aromatic nitrogens is 1. The fraction of sp³-hybridized carbons (Fsp3) is 0.462. The van der Waals surface area contributed by atoms with Gasteiger partial charge in [-0.15, -0.1) is 0 Å². The first kappa shape index (κ1) is 12.5. The zero-order valence-corrected chi connectivity index (χ0v) is 10.8. The molecule has 0 aliphatic carbocycles. The summed E-state index contributed by atoms with van der Waals surface area (Å²) in [6.45, 7) is 2.10. The van der Waals surface area contributed by atoms with Crippen molar-refractivity contribution in [1.82, 2.24) is 9.88 Å². The van der Waals surface area contributed by atoms with Crippen LogP contribution in [0.25, 0.3) is 0 Å². The first-order chi connectivity index (χ1) is 8.62. The van der Waals surface area contributed by atoms with Gasteiger partial charge in [-0.3, -0.25) is 20.5 Å². The fourth-order valence-electron chi connectivity index (χ4n) is 2.32. The summed E-state index contributed by atoms with van der Waals surface area (Å²) < 4.78 is 0. The van der Waals surface area contributed by atoms with Gasteiger partial charge in [-0.2, -0.15) is 0 Å². The molecular weight excluding hydrogens is 228 g/mol. The van der Waals surface area contributed by atoms with Crippen LogP contribution < -0.4 is 10.7 Å². The van der Waals surface area contributed by atoms with Crippen molar-refractivity contribution in [3.8, 4) is 0 Å². The molecule has 5 nitrogen and oxygen atoms in total. The molecule has 1 aliphatic heterocycles. The number of nitrogens with zero attached hydrogens (tertiary/aromatic N) is 2. The van der Waals surface area contributed by atoms with Gasteiger partial charge in [-0.25, -0.2) is 4.90 Å². The van der Waals surface area contributed by atoms with Gasteiger partial charge >= 0.3 is 11.9 Å². The normalized spacial score (nSPS) is 23.3. The predicted molar refractivity (Wildman–Crippen MR) is 68.4 cm³/mol. The minimum Gasteiger partial charge on any atom is -0.290 e. The Kier molecular flexibility index (Phi) is 3.32. The molecule has 0 radical (unpaired) electrons. The number of hydrogen-bond acceptors (Lipinski definition) is 3. The zero-order chi connectivity index (χ0) is 13.2. The summed E-state index contributed by atoms with van der Waals surface area (Å²) in [6, 6.07) is 3.76. The Hall–Kier alpha value is -1.91.